The number of fused-ring (bicyclic) bond motifs is 2. The zero-order chi connectivity index (χ0) is 24.6. The van der Waals surface area contributed by atoms with Crippen LogP contribution in [0.15, 0.2) is 23.6 Å². The first-order valence-electron chi connectivity index (χ1n) is 12.7. The van der Waals surface area contributed by atoms with E-state index in [-0.39, 0.29) is 23.3 Å². The second-order valence-electron chi connectivity index (χ2n) is 10.2. The summed E-state index contributed by atoms with van der Waals surface area (Å²) < 4.78 is 49.2. The van der Waals surface area contributed by atoms with Gasteiger partial charge in [0.25, 0.3) is 6.08 Å². The normalized spacial score (nSPS) is 30.4. The Morgan fingerprint density at radius 2 is 1.36 bits per heavy atom. The van der Waals surface area contributed by atoms with Crippen LogP contribution in [0.5, 0.6) is 0 Å². The third-order valence-corrected chi connectivity index (χ3v) is 7.15. The largest absolute Gasteiger partial charge is 0.377 e. The molecule has 0 amide bonds. The molecule has 0 aromatic rings. The fourth-order valence-corrected chi connectivity index (χ4v) is 5.56. The maximum atomic E-state index is 12.6. The molecule has 4 fully saturated rings. The van der Waals surface area contributed by atoms with Crippen molar-refractivity contribution in [2.45, 2.75) is 103 Å². The smallest absolute Gasteiger partial charge is 0.270 e. The zero-order valence-electron chi connectivity index (χ0n) is 21.6. The average molecular weight is 475 g/mol. The lowest BCUT2D eigenvalue weighted by atomic mass is 9.93. The van der Waals surface area contributed by atoms with E-state index in [4.69, 9.17) is 9.47 Å². The van der Waals surface area contributed by atoms with Crippen LogP contribution < -0.4 is 0 Å². The van der Waals surface area contributed by atoms with Crippen molar-refractivity contribution in [3.63, 3.8) is 0 Å². The Labute approximate surface area is 199 Å². The Morgan fingerprint density at radius 3 is 1.82 bits per heavy atom. The third-order valence-electron chi connectivity index (χ3n) is 7.15. The molecule has 2 atom stereocenters. The summed E-state index contributed by atoms with van der Waals surface area (Å²) in [5, 5.41) is 0. The van der Waals surface area contributed by atoms with Crippen LogP contribution in [0.1, 0.15) is 80.1 Å². The number of nitrogens with zero attached hydrogens (tertiary/aromatic N) is 2. The number of hydrogen-bond acceptors (Lipinski definition) is 4. The molecule has 0 saturated carbocycles. The highest BCUT2D eigenvalue weighted by Crippen LogP contribution is 2.43. The molecule has 0 aromatic heterocycles. The van der Waals surface area contributed by atoms with E-state index in [1.165, 1.54) is 6.42 Å². The topological polar surface area (TPSA) is 24.9 Å². The van der Waals surface area contributed by atoms with Crippen molar-refractivity contribution in [2.24, 2.45) is 0 Å². The Morgan fingerprint density at radius 1 is 0.879 bits per heavy atom. The van der Waals surface area contributed by atoms with Crippen molar-refractivity contribution in [1.82, 2.24) is 9.80 Å². The molecule has 4 rings (SSSR count). The second kappa shape index (κ2) is 12.7. The minimum Gasteiger partial charge on any atom is -0.377 e. The van der Waals surface area contributed by atoms with Gasteiger partial charge in [0.2, 0.25) is 0 Å². The highest BCUT2D eigenvalue weighted by Gasteiger charge is 2.48. The summed E-state index contributed by atoms with van der Waals surface area (Å²) in [6.07, 6.45) is 5.53. The van der Waals surface area contributed by atoms with Crippen LogP contribution in [0, 0.1) is 0 Å². The lowest BCUT2D eigenvalue weighted by Gasteiger charge is -2.32. The SMILES string of the molecule is CC.CC(C)OCC12CCCN1C/C(=C/F)C2.CC(C)OCC12CCCN1CC(=C(F)F)C2. The molecule has 4 aliphatic rings. The van der Waals surface area contributed by atoms with E-state index in [2.05, 4.69) is 23.6 Å². The first-order valence-corrected chi connectivity index (χ1v) is 12.7. The Kier molecular flexibility index (Phi) is 10.9. The van der Waals surface area contributed by atoms with Gasteiger partial charge < -0.3 is 9.47 Å². The molecule has 4 heterocycles. The summed E-state index contributed by atoms with van der Waals surface area (Å²) in [4.78, 5) is 4.56. The Bertz CT molecular complexity index is 678. The molecule has 4 nitrogen and oxygen atoms in total. The molecular weight excluding hydrogens is 429 g/mol. The third kappa shape index (κ3) is 7.06. The van der Waals surface area contributed by atoms with Crippen molar-refractivity contribution >= 4 is 0 Å². The molecule has 0 aliphatic carbocycles. The molecule has 0 radical (unpaired) electrons. The molecule has 2 unspecified atom stereocenters. The summed E-state index contributed by atoms with van der Waals surface area (Å²) in [5.41, 5.74) is 1.22. The summed E-state index contributed by atoms with van der Waals surface area (Å²) in [6.45, 7) is 16.7. The summed E-state index contributed by atoms with van der Waals surface area (Å²) in [7, 11) is 0. The fraction of sp³-hybridized carbons (Fsp3) is 0.846. The standard InChI is InChI=1S/C12H19F2NO.C12H20FNO.C2H6/c1-9(2)16-8-12-4-3-5-15(12)7-10(6-12)11(13)14;1-10(2)15-9-12-4-3-5-14(12)8-11(6-12)7-13;1-2/h9H,3-8H2,1-2H3;7,10H,3-6,8-9H2,1-2H3;1-2H3/b;11-7+;. The summed E-state index contributed by atoms with van der Waals surface area (Å²) in [6, 6.07) is 0. The van der Waals surface area contributed by atoms with E-state index < -0.39 is 6.08 Å². The van der Waals surface area contributed by atoms with Crippen LogP contribution in [0.3, 0.4) is 0 Å². The van der Waals surface area contributed by atoms with Gasteiger partial charge in [-0.05, 0) is 84.9 Å². The molecule has 0 spiro atoms. The molecule has 7 heteroatoms. The van der Waals surface area contributed by atoms with Crippen molar-refractivity contribution in [3.05, 3.63) is 23.6 Å². The van der Waals surface area contributed by atoms with E-state index in [0.29, 0.717) is 25.1 Å². The molecular formula is C26H45F3N2O2. The lowest BCUT2D eigenvalue weighted by molar-refractivity contribution is 0.00323. The van der Waals surface area contributed by atoms with Crippen molar-refractivity contribution < 1.29 is 22.6 Å². The van der Waals surface area contributed by atoms with Gasteiger partial charge in [0.1, 0.15) is 0 Å². The quantitative estimate of drug-likeness (QED) is 0.449. The Balaban J connectivity index is 0.000000218. The van der Waals surface area contributed by atoms with Gasteiger partial charge in [-0.25, -0.2) is 4.39 Å². The highest BCUT2D eigenvalue weighted by atomic mass is 19.3. The van der Waals surface area contributed by atoms with E-state index in [9.17, 15) is 13.2 Å². The van der Waals surface area contributed by atoms with Crippen molar-refractivity contribution in [2.75, 3.05) is 39.4 Å². The fourth-order valence-electron chi connectivity index (χ4n) is 5.56. The van der Waals surface area contributed by atoms with Crippen molar-refractivity contribution in [1.29, 1.82) is 0 Å². The van der Waals surface area contributed by atoms with Gasteiger partial charge >= 0.3 is 0 Å². The molecule has 0 aromatic carbocycles. The maximum absolute atomic E-state index is 12.6. The predicted molar refractivity (Wildman–Crippen MR) is 128 cm³/mol. The minimum absolute atomic E-state index is 0.113. The maximum Gasteiger partial charge on any atom is 0.270 e. The monoisotopic (exact) mass is 474 g/mol. The highest BCUT2D eigenvalue weighted by molar-refractivity contribution is 5.21. The molecule has 0 bridgehead atoms. The van der Waals surface area contributed by atoms with Gasteiger partial charge in [-0.1, -0.05) is 13.8 Å². The van der Waals surface area contributed by atoms with E-state index in [1.54, 1.807) is 0 Å². The van der Waals surface area contributed by atoms with E-state index in [0.717, 1.165) is 63.8 Å². The number of hydrogen-bond donors (Lipinski definition) is 0. The van der Waals surface area contributed by atoms with Gasteiger partial charge in [-0.2, -0.15) is 8.78 Å². The van der Waals surface area contributed by atoms with Gasteiger partial charge in [0, 0.05) is 29.7 Å². The Hall–Kier alpha value is -0.890. The molecule has 4 saturated heterocycles. The first kappa shape index (κ1) is 28.3. The number of rotatable bonds is 6. The average Bonchev–Trinajstić information content (AvgIpc) is 3.50. The van der Waals surface area contributed by atoms with Crippen LogP contribution in [-0.4, -0.2) is 72.5 Å². The summed E-state index contributed by atoms with van der Waals surface area (Å²) in [5.74, 6) is 0. The van der Waals surface area contributed by atoms with Crippen LogP contribution >= 0.6 is 0 Å². The first-order chi connectivity index (χ1) is 15.7. The van der Waals surface area contributed by atoms with Gasteiger partial charge in [0.15, 0.2) is 0 Å². The molecule has 4 aliphatic heterocycles. The van der Waals surface area contributed by atoms with Gasteiger partial charge in [-0.15, -0.1) is 0 Å². The number of ether oxygens (including phenoxy) is 2. The van der Waals surface area contributed by atoms with E-state index in [1.807, 2.05) is 27.7 Å². The predicted octanol–water partition coefficient (Wildman–Crippen LogP) is 6.33. The van der Waals surface area contributed by atoms with Crippen LogP contribution in [0.4, 0.5) is 13.2 Å². The summed E-state index contributed by atoms with van der Waals surface area (Å²) >= 11 is 0. The molecule has 0 N–H and O–H groups in total. The second-order valence-corrected chi connectivity index (χ2v) is 10.2. The van der Waals surface area contributed by atoms with E-state index >= 15 is 0 Å². The molecule has 33 heavy (non-hydrogen) atoms. The minimum atomic E-state index is -1.49. The van der Waals surface area contributed by atoms with Gasteiger partial charge in [0.05, 0.1) is 31.8 Å². The zero-order valence-corrected chi connectivity index (χ0v) is 21.6. The van der Waals surface area contributed by atoms with Gasteiger partial charge in [-0.3, -0.25) is 9.80 Å². The van der Waals surface area contributed by atoms with Crippen molar-refractivity contribution in [3.8, 4) is 0 Å². The van der Waals surface area contributed by atoms with Crippen LogP contribution in [0.2, 0.25) is 0 Å². The molecule has 192 valence electrons. The lowest BCUT2D eigenvalue weighted by Crippen LogP contribution is -2.43. The number of halogens is 3. The van der Waals surface area contributed by atoms with Crippen LogP contribution in [-0.2, 0) is 9.47 Å². The van der Waals surface area contributed by atoms with Crippen LogP contribution in [0.25, 0.3) is 0 Å².